The van der Waals surface area contributed by atoms with Crippen LogP contribution in [0, 0.1) is 3.57 Å². The molecular weight excluding hydrogens is 379 g/mol. The SMILES string of the molecule is O=S(=O)(Nc1cccc(I)c1)c1ccc(CO)cn1. The summed E-state index contributed by atoms with van der Waals surface area (Å²) < 4.78 is 27.5. The van der Waals surface area contributed by atoms with Gasteiger partial charge in [-0.25, -0.2) is 4.98 Å². The highest BCUT2D eigenvalue weighted by Gasteiger charge is 2.15. The fraction of sp³-hybridized carbons (Fsp3) is 0.0833. The topological polar surface area (TPSA) is 79.3 Å². The fourth-order valence-corrected chi connectivity index (χ4v) is 2.95. The Hall–Kier alpha value is -1.19. The quantitative estimate of drug-likeness (QED) is 0.783. The molecule has 1 aromatic heterocycles. The van der Waals surface area contributed by atoms with Crippen molar-refractivity contribution in [2.75, 3.05) is 4.72 Å². The first kappa shape index (κ1) is 14.2. The van der Waals surface area contributed by atoms with Crippen molar-refractivity contribution in [3.63, 3.8) is 0 Å². The first-order valence-electron chi connectivity index (χ1n) is 5.35. The predicted molar refractivity (Wildman–Crippen MR) is 80.1 cm³/mol. The molecule has 2 rings (SSSR count). The molecule has 0 bridgehead atoms. The van der Waals surface area contributed by atoms with Gasteiger partial charge in [-0.1, -0.05) is 12.1 Å². The number of nitrogens with zero attached hydrogens (tertiary/aromatic N) is 1. The second-order valence-electron chi connectivity index (χ2n) is 3.78. The molecule has 1 heterocycles. The number of halogens is 1. The average molecular weight is 390 g/mol. The number of aliphatic hydroxyl groups excluding tert-OH is 1. The first-order valence-corrected chi connectivity index (χ1v) is 7.91. The zero-order valence-electron chi connectivity index (χ0n) is 9.75. The number of aliphatic hydroxyl groups is 1. The van der Waals surface area contributed by atoms with Gasteiger partial charge in [-0.05, 0) is 52.4 Å². The van der Waals surface area contributed by atoms with Crippen molar-refractivity contribution in [2.24, 2.45) is 0 Å². The lowest BCUT2D eigenvalue weighted by molar-refractivity contribution is 0.281. The molecule has 100 valence electrons. The minimum Gasteiger partial charge on any atom is -0.392 e. The van der Waals surface area contributed by atoms with Gasteiger partial charge in [-0.3, -0.25) is 4.72 Å². The van der Waals surface area contributed by atoms with Gasteiger partial charge in [0.15, 0.2) is 5.03 Å². The number of rotatable bonds is 4. The summed E-state index contributed by atoms with van der Waals surface area (Å²) in [5, 5.41) is 8.81. The third-order valence-corrected chi connectivity index (χ3v) is 4.30. The number of hydrogen-bond donors (Lipinski definition) is 2. The van der Waals surface area contributed by atoms with Crippen LogP contribution in [-0.4, -0.2) is 18.5 Å². The molecule has 0 unspecified atom stereocenters. The third-order valence-electron chi connectivity index (χ3n) is 2.33. The average Bonchev–Trinajstić information content (AvgIpc) is 2.38. The number of benzene rings is 1. The lowest BCUT2D eigenvalue weighted by Gasteiger charge is -2.07. The maximum absolute atomic E-state index is 12.1. The fourth-order valence-electron chi connectivity index (χ4n) is 1.42. The van der Waals surface area contributed by atoms with Gasteiger partial charge in [-0.2, -0.15) is 8.42 Å². The zero-order chi connectivity index (χ0) is 13.9. The minimum atomic E-state index is -3.70. The smallest absolute Gasteiger partial charge is 0.279 e. The van der Waals surface area contributed by atoms with Gasteiger partial charge in [0.25, 0.3) is 10.0 Å². The van der Waals surface area contributed by atoms with Crippen LogP contribution in [0.4, 0.5) is 5.69 Å². The van der Waals surface area contributed by atoms with E-state index in [1.807, 2.05) is 6.07 Å². The molecule has 0 radical (unpaired) electrons. The van der Waals surface area contributed by atoms with Crippen LogP contribution < -0.4 is 4.72 Å². The molecule has 0 spiro atoms. The van der Waals surface area contributed by atoms with Crippen molar-refractivity contribution in [3.05, 3.63) is 51.7 Å². The molecule has 19 heavy (non-hydrogen) atoms. The van der Waals surface area contributed by atoms with E-state index < -0.39 is 10.0 Å². The highest BCUT2D eigenvalue weighted by molar-refractivity contribution is 14.1. The molecule has 2 aromatic rings. The van der Waals surface area contributed by atoms with Crippen molar-refractivity contribution < 1.29 is 13.5 Å². The van der Waals surface area contributed by atoms with Crippen LogP contribution in [-0.2, 0) is 16.6 Å². The van der Waals surface area contributed by atoms with E-state index >= 15 is 0 Å². The lowest BCUT2D eigenvalue weighted by atomic mass is 10.3. The Morgan fingerprint density at radius 1 is 1.26 bits per heavy atom. The largest absolute Gasteiger partial charge is 0.392 e. The van der Waals surface area contributed by atoms with Crippen LogP contribution in [0.3, 0.4) is 0 Å². The molecule has 2 N–H and O–H groups in total. The molecule has 1 aromatic carbocycles. The van der Waals surface area contributed by atoms with E-state index in [0.717, 1.165) is 3.57 Å². The standard InChI is InChI=1S/C12H11IN2O3S/c13-10-2-1-3-11(6-10)15-19(17,18)12-5-4-9(8-16)7-14-12/h1-7,15-16H,8H2. The number of anilines is 1. The van der Waals surface area contributed by atoms with Crippen molar-refractivity contribution in [1.82, 2.24) is 4.98 Å². The van der Waals surface area contributed by atoms with Gasteiger partial charge in [0.05, 0.1) is 6.61 Å². The van der Waals surface area contributed by atoms with Gasteiger partial charge in [0, 0.05) is 15.5 Å². The Bertz CT molecular complexity index is 672. The second kappa shape index (κ2) is 5.85. The molecule has 5 nitrogen and oxygen atoms in total. The van der Waals surface area contributed by atoms with E-state index in [0.29, 0.717) is 11.3 Å². The summed E-state index contributed by atoms with van der Waals surface area (Å²) in [7, 11) is -3.70. The molecular formula is C12H11IN2O3S. The molecule has 0 fully saturated rings. The Morgan fingerprint density at radius 3 is 2.63 bits per heavy atom. The summed E-state index contributed by atoms with van der Waals surface area (Å²) in [5.74, 6) is 0. The van der Waals surface area contributed by atoms with Gasteiger partial charge in [0.2, 0.25) is 0 Å². The van der Waals surface area contributed by atoms with E-state index in [1.54, 1.807) is 18.2 Å². The number of nitrogens with one attached hydrogen (secondary N) is 1. The minimum absolute atomic E-state index is 0.0800. The van der Waals surface area contributed by atoms with Crippen LogP contribution in [0.2, 0.25) is 0 Å². The highest BCUT2D eigenvalue weighted by Crippen LogP contribution is 2.17. The Kier molecular flexibility index (Phi) is 4.38. The van der Waals surface area contributed by atoms with Crippen molar-refractivity contribution in [2.45, 2.75) is 11.6 Å². The van der Waals surface area contributed by atoms with Crippen molar-refractivity contribution in [3.8, 4) is 0 Å². The molecule has 0 atom stereocenters. The number of sulfonamides is 1. The third kappa shape index (κ3) is 3.64. The molecule has 0 amide bonds. The molecule has 0 saturated carbocycles. The number of hydrogen-bond acceptors (Lipinski definition) is 4. The van der Waals surface area contributed by atoms with E-state index in [9.17, 15) is 8.42 Å². The van der Waals surface area contributed by atoms with Gasteiger partial charge >= 0.3 is 0 Å². The first-order chi connectivity index (χ1) is 9.01. The maximum atomic E-state index is 12.1. The van der Waals surface area contributed by atoms with E-state index in [1.165, 1.54) is 18.3 Å². The van der Waals surface area contributed by atoms with Crippen LogP contribution in [0.5, 0.6) is 0 Å². The molecule has 0 saturated heterocycles. The Balaban J connectivity index is 2.27. The summed E-state index contributed by atoms with van der Waals surface area (Å²) in [6.45, 7) is -0.169. The lowest BCUT2D eigenvalue weighted by Crippen LogP contribution is -2.14. The van der Waals surface area contributed by atoms with Gasteiger partial charge in [0.1, 0.15) is 0 Å². The summed E-state index contributed by atoms with van der Waals surface area (Å²) >= 11 is 2.10. The molecule has 0 aliphatic rings. The Morgan fingerprint density at radius 2 is 2.05 bits per heavy atom. The summed E-state index contributed by atoms with van der Waals surface area (Å²) in [6.07, 6.45) is 1.34. The zero-order valence-corrected chi connectivity index (χ0v) is 12.7. The van der Waals surface area contributed by atoms with E-state index in [2.05, 4.69) is 32.3 Å². The van der Waals surface area contributed by atoms with E-state index in [-0.39, 0.29) is 11.6 Å². The monoisotopic (exact) mass is 390 g/mol. The normalized spacial score (nSPS) is 11.3. The summed E-state index contributed by atoms with van der Waals surface area (Å²) in [6, 6.07) is 9.91. The predicted octanol–water partition coefficient (Wildman–Crippen LogP) is 1.98. The molecule has 7 heteroatoms. The van der Waals surface area contributed by atoms with Gasteiger partial charge < -0.3 is 5.11 Å². The highest BCUT2D eigenvalue weighted by atomic mass is 127. The maximum Gasteiger partial charge on any atom is 0.279 e. The van der Waals surface area contributed by atoms with Crippen molar-refractivity contribution >= 4 is 38.3 Å². The van der Waals surface area contributed by atoms with Gasteiger partial charge in [-0.15, -0.1) is 0 Å². The number of aromatic nitrogens is 1. The number of pyridine rings is 1. The second-order valence-corrected chi connectivity index (χ2v) is 6.65. The summed E-state index contributed by atoms with van der Waals surface area (Å²) in [4.78, 5) is 3.83. The van der Waals surface area contributed by atoms with Crippen LogP contribution >= 0.6 is 22.6 Å². The molecule has 0 aliphatic carbocycles. The van der Waals surface area contributed by atoms with Crippen LogP contribution in [0.1, 0.15) is 5.56 Å². The van der Waals surface area contributed by atoms with Crippen LogP contribution in [0.25, 0.3) is 0 Å². The Labute approximate surface area is 124 Å². The summed E-state index contributed by atoms with van der Waals surface area (Å²) in [5.41, 5.74) is 1.05. The molecule has 0 aliphatic heterocycles. The van der Waals surface area contributed by atoms with E-state index in [4.69, 9.17) is 5.11 Å². The van der Waals surface area contributed by atoms with Crippen LogP contribution in [0.15, 0.2) is 47.6 Å². The van der Waals surface area contributed by atoms with Crippen molar-refractivity contribution in [1.29, 1.82) is 0 Å².